The summed E-state index contributed by atoms with van der Waals surface area (Å²) in [5.74, 6) is 1.72. The molecule has 20 heavy (non-hydrogen) atoms. The molecule has 3 aromatic rings. The molecule has 0 radical (unpaired) electrons. The van der Waals surface area contributed by atoms with E-state index in [-0.39, 0.29) is 0 Å². The lowest BCUT2D eigenvalue weighted by atomic mass is 10.0. The van der Waals surface area contributed by atoms with Crippen LogP contribution in [0.15, 0.2) is 65.6 Å². The molecule has 0 saturated heterocycles. The summed E-state index contributed by atoms with van der Waals surface area (Å²) in [6, 6.07) is 16.0. The van der Waals surface area contributed by atoms with Gasteiger partial charge in [-0.25, -0.2) is 0 Å². The molecule has 0 unspecified atom stereocenters. The van der Waals surface area contributed by atoms with E-state index >= 15 is 0 Å². The molecule has 0 aliphatic rings. The standard InChI is InChI=1S/C18H16O2/c1-3-7-16-15-10-4-5-11-17(15)20-18(16)13-8-6-9-14(12-13)19-2/h3-6,8-12H,1,7H2,2H3. The lowest BCUT2D eigenvalue weighted by Crippen LogP contribution is -1.86. The first-order valence-electron chi connectivity index (χ1n) is 6.59. The predicted molar refractivity (Wildman–Crippen MR) is 82.1 cm³/mol. The average molecular weight is 264 g/mol. The van der Waals surface area contributed by atoms with Crippen molar-refractivity contribution >= 4 is 11.0 Å². The fraction of sp³-hybridized carbons (Fsp3) is 0.111. The molecule has 0 amide bonds. The molecule has 2 heteroatoms. The van der Waals surface area contributed by atoms with Crippen molar-refractivity contribution in [2.75, 3.05) is 7.11 Å². The molecule has 100 valence electrons. The van der Waals surface area contributed by atoms with Crippen LogP contribution in [0.4, 0.5) is 0 Å². The number of furan rings is 1. The van der Waals surface area contributed by atoms with Crippen LogP contribution in [-0.4, -0.2) is 7.11 Å². The van der Waals surface area contributed by atoms with Crippen molar-refractivity contribution in [1.82, 2.24) is 0 Å². The van der Waals surface area contributed by atoms with Crippen molar-refractivity contribution in [3.63, 3.8) is 0 Å². The lowest BCUT2D eigenvalue weighted by molar-refractivity contribution is 0.415. The monoisotopic (exact) mass is 264 g/mol. The number of para-hydroxylation sites is 1. The van der Waals surface area contributed by atoms with E-state index in [0.29, 0.717) is 0 Å². The molecule has 2 aromatic carbocycles. The lowest BCUT2D eigenvalue weighted by Gasteiger charge is -2.04. The molecule has 0 saturated carbocycles. The summed E-state index contributed by atoms with van der Waals surface area (Å²) < 4.78 is 11.3. The van der Waals surface area contributed by atoms with Crippen LogP contribution >= 0.6 is 0 Å². The number of ether oxygens (including phenoxy) is 1. The maximum absolute atomic E-state index is 6.03. The third-order valence-electron chi connectivity index (χ3n) is 3.38. The predicted octanol–water partition coefficient (Wildman–Crippen LogP) is 4.84. The number of fused-ring (bicyclic) bond motifs is 1. The number of hydrogen-bond donors (Lipinski definition) is 0. The molecule has 0 N–H and O–H groups in total. The van der Waals surface area contributed by atoms with E-state index < -0.39 is 0 Å². The largest absolute Gasteiger partial charge is 0.497 e. The molecule has 1 aromatic heterocycles. The molecular weight excluding hydrogens is 248 g/mol. The van der Waals surface area contributed by atoms with Gasteiger partial charge in [0.1, 0.15) is 17.1 Å². The SMILES string of the molecule is C=CCc1c(-c2cccc(OC)c2)oc2ccccc12. The van der Waals surface area contributed by atoms with Crippen molar-refractivity contribution in [3.05, 3.63) is 66.7 Å². The van der Waals surface area contributed by atoms with Gasteiger partial charge in [0.05, 0.1) is 7.11 Å². The van der Waals surface area contributed by atoms with Gasteiger partial charge in [-0.3, -0.25) is 0 Å². The topological polar surface area (TPSA) is 22.4 Å². The minimum absolute atomic E-state index is 0.781. The van der Waals surface area contributed by atoms with Crippen LogP contribution in [0.1, 0.15) is 5.56 Å². The highest BCUT2D eigenvalue weighted by molar-refractivity contribution is 5.88. The Balaban J connectivity index is 2.23. The van der Waals surface area contributed by atoms with E-state index in [4.69, 9.17) is 9.15 Å². The molecule has 2 nitrogen and oxygen atoms in total. The Morgan fingerprint density at radius 2 is 2.00 bits per heavy atom. The van der Waals surface area contributed by atoms with Crippen LogP contribution in [0.2, 0.25) is 0 Å². The molecule has 0 atom stereocenters. The van der Waals surface area contributed by atoms with Gasteiger partial charge in [0.15, 0.2) is 0 Å². The highest BCUT2D eigenvalue weighted by atomic mass is 16.5. The van der Waals surface area contributed by atoms with E-state index in [9.17, 15) is 0 Å². The molecule has 0 fully saturated rings. The van der Waals surface area contributed by atoms with Crippen LogP contribution in [0, 0.1) is 0 Å². The maximum Gasteiger partial charge on any atom is 0.139 e. The summed E-state index contributed by atoms with van der Waals surface area (Å²) >= 11 is 0. The van der Waals surface area contributed by atoms with E-state index in [0.717, 1.165) is 34.5 Å². The van der Waals surface area contributed by atoms with Crippen molar-refractivity contribution in [2.24, 2.45) is 0 Å². The Kier molecular flexibility index (Phi) is 3.30. The van der Waals surface area contributed by atoms with Gasteiger partial charge in [0, 0.05) is 16.5 Å². The van der Waals surface area contributed by atoms with E-state index in [2.05, 4.69) is 12.6 Å². The first-order chi connectivity index (χ1) is 9.83. The van der Waals surface area contributed by atoms with Gasteiger partial charge in [0.25, 0.3) is 0 Å². The summed E-state index contributed by atoms with van der Waals surface area (Å²) in [6.07, 6.45) is 2.69. The summed E-state index contributed by atoms with van der Waals surface area (Å²) in [5, 5.41) is 1.14. The average Bonchev–Trinajstić information content (AvgIpc) is 2.87. The minimum Gasteiger partial charge on any atom is -0.497 e. The molecule has 0 spiro atoms. The summed E-state index contributed by atoms with van der Waals surface area (Å²) in [6.45, 7) is 3.84. The van der Waals surface area contributed by atoms with Gasteiger partial charge in [-0.1, -0.05) is 36.4 Å². The highest BCUT2D eigenvalue weighted by Crippen LogP contribution is 2.35. The number of methoxy groups -OCH3 is 1. The number of benzene rings is 2. The quantitative estimate of drug-likeness (QED) is 0.629. The van der Waals surface area contributed by atoms with Crippen molar-refractivity contribution in [2.45, 2.75) is 6.42 Å². The second-order valence-corrected chi connectivity index (χ2v) is 4.63. The summed E-state index contributed by atoms with van der Waals surface area (Å²) in [5.41, 5.74) is 3.10. The third kappa shape index (κ3) is 2.10. The van der Waals surface area contributed by atoms with Crippen molar-refractivity contribution < 1.29 is 9.15 Å². The fourth-order valence-corrected chi connectivity index (χ4v) is 2.44. The maximum atomic E-state index is 6.03. The Morgan fingerprint density at radius 1 is 1.15 bits per heavy atom. The zero-order chi connectivity index (χ0) is 13.9. The van der Waals surface area contributed by atoms with Gasteiger partial charge >= 0.3 is 0 Å². The van der Waals surface area contributed by atoms with E-state index in [1.165, 1.54) is 5.56 Å². The molecule has 0 aliphatic carbocycles. The Labute approximate surface area is 118 Å². The van der Waals surface area contributed by atoms with Gasteiger partial charge < -0.3 is 9.15 Å². The van der Waals surface area contributed by atoms with Crippen LogP contribution in [0.3, 0.4) is 0 Å². The second kappa shape index (κ2) is 5.25. The summed E-state index contributed by atoms with van der Waals surface area (Å²) in [7, 11) is 1.67. The molecule has 0 aliphatic heterocycles. The normalized spacial score (nSPS) is 10.7. The van der Waals surface area contributed by atoms with Crippen LogP contribution < -0.4 is 4.74 Å². The van der Waals surface area contributed by atoms with Crippen LogP contribution in [0.25, 0.3) is 22.3 Å². The second-order valence-electron chi connectivity index (χ2n) is 4.63. The van der Waals surface area contributed by atoms with Gasteiger partial charge in [-0.2, -0.15) is 0 Å². The van der Waals surface area contributed by atoms with E-state index in [1.807, 2.05) is 48.5 Å². The summed E-state index contributed by atoms with van der Waals surface area (Å²) in [4.78, 5) is 0. The zero-order valence-corrected chi connectivity index (χ0v) is 11.4. The third-order valence-corrected chi connectivity index (χ3v) is 3.38. The van der Waals surface area contributed by atoms with E-state index in [1.54, 1.807) is 7.11 Å². The smallest absolute Gasteiger partial charge is 0.139 e. The Bertz CT molecular complexity index is 753. The van der Waals surface area contributed by atoms with Crippen LogP contribution in [0.5, 0.6) is 5.75 Å². The number of allylic oxidation sites excluding steroid dienone is 1. The molecular formula is C18H16O2. The van der Waals surface area contributed by atoms with Gasteiger partial charge in [0.2, 0.25) is 0 Å². The number of rotatable bonds is 4. The van der Waals surface area contributed by atoms with Gasteiger partial charge in [-0.05, 0) is 24.6 Å². The fourth-order valence-electron chi connectivity index (χ4n) is 2.44. The first-order valence-corrected chi connectivity index (χ1v) is 6.59. The minimum atomic E-state index is 0.781. The highest BCUT2D eigenvalue weighted by Gasteiger charge is 2.14. The van der Waals surface area contributed by atoms with Crippen molar-refractivity contribution in [1.29, 1.82) is 0 Å². The first kappa shape index (κ1) is 12.5. The van der Waals surface area contributed by atoms with Crippen molar-refractivity contribution in [3.8, 4) is 17.1 Å². The molecule has 3 rings (SSSR count). The Hall–Kier alpha value is -2.48. The number of hydrogen-bond acceptors (Lipinski definition) is 2. The van der Waals surface area contributed by atoms with Gasteiger partial charge in [-0.15, -0.1) is 6.58 Å². The molecule has 1 heterocycles. The Morgan fingerprint density at radius 3 is 2.80 bits per heavy atom. The molecule has 0 bridgehead atoms. The zero-order valence-electron chi connectivity index (χ0n) is 11.4. The van der Waals surface area contributed by atoms with Crippen LogP contribution in [-0.2, 0) is 6.42 Å².